The van der Waals surface area contributed by atoms with E-state index in [0.717, 1.165) is 19.5 Å². The van der Waals surface area contributed by atoms with Gasteiger partial charge in [-0.25, -0.2) is 9.59 Å². The van der Waals surface area contributed by atoms with Crippen molar-refractivity contribution in [2.24, 2.45) is 5.73 Å². The molecule has 8 nitrogen and oxygen atoms in total. The van der Waals surface area contributed by atoms with Gasteiger partial charge in [0.1, 0.15) is 0 Å². The monoisotopic (exact) mass is 236 g/mol. The van der Waals surface area contributed by atoms with Crippen molar-refractivity contribution < 1.29 is 30.0 Å². The Bertz CT molecular complexity index is 223. The molecule has 0 aromatic rings. The predicted molar refractivity (Wildman–Crippen MR) is 52.7 cm³/mol. The Morgan fingerprint density at radius 1 is 1.19 bits per heavy atom. The Morgan fingerprint density at radius 2 is 1.62 bits per heavy atom. The first-order valence-corrected chi connectivity index (χ1v) is 4.64. The number of carbonyl (C=O) groups is 2. The second-order valence-corrected chi connectivity index (χ2v) is 3.32. The van der Waals surface area contributed by atoms with Crippen LogP contribution in [0.15, 0.2) is 0 Å². The third-order valence-corrected chi connectivity index (χ3v) is 1.90. The SMILES string of the molecule is NC1CCNC1.O=C(O)C(O)C(O)C(=O)O. The van der Waals surface area contributed by atoms with Crippen LogP contribution in [0.1, 0.15) is 6.42 Å². The minimum Gasteiger partial charge on any atom is -0.479 e. The summed E-state index contributed by atoms with van der Waals surface area (Å²) in [5, 5.41) is 35.7. The number of aliphatic hydroxyl groups excluding tert-OH is 2. The van der Waals surface area contributed by atoms with Crippen molar-refractivity contribution in [2.45, 2.75) is 24.7 Å². The highest BCUT2D eigenvalue weighted by Crippen LogP contribution is 1.92. The number of nitrogens with one attached hydrogen (secondary N) is 1. The highest BCUT2D eigenvalue weighted by atomic mass is 16.4. The highest BCUT2D eigenvalue weighted by molar-refractivity contribution is 5.83. The number of aliphatic carboxylic acids is 2. The van der Waals surface area contributed by atoms with Gasteiger partial charge in [-0.05, 0) is 13.0 Å². The molecule has 0 bridgehead atoms. The van der Waals surface area contributed by atoms with Gasteiger partial charge in [0.2, 0.25) is 0 Å². The van der Waals surface area contributed by atoms with Crippen LogP contribution in [0.25, 0.3) is 0 Å². The van der Waals surface area contributed by atoms with Gasteiger partial charge in [0.15, 0.2) is 12.2 Å². The molecule has 7 N–H and O–H groups in total. The van der Waals surface area contributed by atoms with Crippen LogP contribution in [-0.4, -0.2) is 63.7 Å². The molecule has 3 atom stereocenters. The molecule has 1 heterocycles. The lowest BCUT2D eigenvalue weighted by Crippen LogP contribution is -2.39. The molecular weight excluding hydrogens is 220 g/mol. The molecule has 1 aliphatic rings. The summed E-state index contributed by atoms with van der Waals surface area (Å²) in [5.41, 5.74) is 5.47. The normalized spacial score (nSPS) is 22.8. The Labute approximate surface area is 91.7 Å². The van der Waals surface area contributed by atoms with Gasteiger partial charge in [-0.1, -0.05) is 0 Å². The maximum absolute atomic E-state index is 9.77. The van der Waals surface area contributed by atoms with Crippen LogP contribution in [0, 0.1) is 0 Å². The van der Waals surface area contributed by atoms with Crippen molar-refractivity contribution in [2.75, 3.05) is 13.1 Å². The molecule has 3 unspecified atom stereocenters. The molecule has 0 amide bonds. The van der Waals surface area contributed by atoms with Crippen LogP contribution in [0.3, 0.4) is 0 Å². The lowest BCUT2D eigenvalue weighted by Gasteiger charge is -2.07. The predicted octanol–water partition coefficient (Wildman–Crippen LogP) is -2.82. The third kappa shape index (κ3) is 5.61. The Morgan fingerprint density at radius 3 is 1.75 bits per heavy atom. The van der Waals surface area contributed by atoms with Gasteiger partial charge in [-0.2, -0.15) is 0 Å². The number of nitrogens with two attached hydrogens (primary N) is 1. The zero-order valence-corrected chi connectivity index (χ0v) is 8.54. The molecular formula is C8H16N2O6. The smallest absolute Gasteiger partial charge is 0.335 e. The molecule has 0 aliphatic carbocycles. The second kappa shape index (κ2) is 7.12. The van der Waals surface area contributed by atoms with Crippen molar-refractivity contribution in [3.05, 3.63) is 0 Å². The van der Waals surface area contributed by atoms with Crippen LogP contribution < -0.4 is 11.1 Å². The first-order chi connectivity index (χ1) is 7.36. The standard InChI is InChI=1S/C4H10N2.C4H6O6/c5-4-1-2-6-3-4;5-1(3(7)8)2(6)4(9)10/h4,6H,1-3,5H2;1-2,5-6H,(H,7,8)(H,9,10). The molecule has 94 valence electrons. The number of carboxylic acids is 2. The van der Waals surface area contributed by atoms with Gasteiger partial charge < -0.3 is 31.5 Å². The van der Waals surface area contributed by atoms with E-state index in [4.69, 9.17) is 26.2 Å². The summed E-state index contributed by atoms with van der Waals surface area (Å²) < 4.78 is 0. The van der Waals surface area contributed by atoms with Gasteiger partial charge in [0.25, 0.3) is 0 Å². The van der Waals surface area contributed by atoms with Crippen LogP contribution in [0.4, 0.5) is 0 Å². The average molecular weight is 236 g/mol. The molecule has 0 aromatic heterocycles. The lowest BCUT2D eigenvalue weighted by molar-refractivity contribution is -0.165. The summed E-state index contributed by atoms with van der Waals surface area (Å²) in [6.45, 7) is 2.13. The van der Waals surface area contributed by atoms with Gasteiger partial charge in [0, 0.05) is 12.6 Å². The topological polar surface area (TPSA) is 153 Å². The molecule has 1 saturated heterocycles. The first-order valence-electron chi connectivity index (χ1n) is 4.64. The van der Waals surface area contributed by atoms with E-state index in [0.29, 0.717) is 6.04 Å². The fourth-order valence-corrected chi connectivity index (χ4v) is 0.947. The minimum absolute atomic E-state index is 0.435. The van der Waals surface area contributed by atoms with E-state index in [-0.39, 0.29) is 0 Å². The van der Waals surface area contributed by atoms with Crippen LogP contribution in [0.5, 0.6) is 0 Å². The molecule has 0 spiro atoms. The third-order valence-electron chi connectivity index (χ3n) is 1.90. The molecule has 0 aromatic carbocycles. The van der Waals surface area contributed by atoms with Gasteiger partial charge in [0.05, 0.1) is 0 Å². The van der Waals surface area contributed by atoms with Crippen molar-refractivity contribution in [3.63, 3.8) is 0 Å². The highest BCUT2D eigenvalue weighted by Gasteiger charge is 2.29. The maximum atomic E-state index is 9.77. The zero-order valence-electron chi connectivity index (χ0n) is 8.54. The molecule has 1 rings (SSSR count). The summed E-state index contributed by atoms with van der Waals surface area (Å²) >= 11 is 0. The van der Waals surface area contributed by atoms with Crippen LogP contribution in [0.2, 0.25) is 0 Å². The van der Waals surface area contributed by atoms with E-state index in [1.54, 1.807) is 0 Å². The minimum atomic E-state index is -2.27. The van der Waals surface area contributed by atoms with Crippen molar-refractivity contribution in [1.29, 1.82) is 0 Å². The van der Waals surface area contributed by atoms with Crippen molar-refractivity contribution >= 4 is 11.9 Å². The fraction of sp³-hybridized carbons (Fsp3) is 0.750. The summed E-state index contributed by atoms with van der Waals surface area (Å²) in [4.78, 5) is 19.5. The number of aliphatic hydroxyl groups is 2. The second-order valence-electron chi connectivity index (χ2n) is 3.32. The quantitative estimate of drug-likeness (QED) is 0.307. The van der Waals surface area contributed by atoms with E-state index in [1.165, 1.54) is 0 Å². The fourth-order valence-electron chi connectivity index (χ4n) is 0.947. The Hall–Kier alpha value is -1.22. The van der Waals surface area contributed by atoms with E-state index in [2.05, 4.69) is 5.32 Å². The van der Waals surface area contributed by atoms with Gasteiger partial charge in [-0.3, -0.25) is 0 Å². The zero-order chi connectivity index (χ0) is 12.7. The first kappa shape index (κ1) is 14.8. The van der Waals surface area contributed by atoms with E-state index >= 15 is 0 Å². The summed E-state index contributed by atoms with van der Waals surface area (Å²) in [7, 11) is 0. The Kier molecular flexibility index (Phi) is 6.58. The largest absolute Gasteiger partial charge is 0.479 e. The maximum Gasteiger partial charge on any atom is 0.335 e. The van der Waals surface area contributed by atoms with E-state index in [9.17, 15) is 9.59 Å². The molecule has 1 fully saturated rings. The molecule has 1 aliphatic heterocycles. The average Bonchev–Trinajstić information content (AvgIpc) is 2.67. The van der Waals surface area contributed by atoms with Crippen LogP contribution >= 0.6 is 0 Å². The van der Waals surface area contributed by atoms with Gasteiger partial charge in [-0.15, -0.1) is 0 Å². The summed E-state index contributed by atoms with van der Waals surface area (Å²) in [5.74, 6) is -3.54. The number of hydrogen-bond acceptors (Lipinski definition) is 6. The molecule has 8 heteroatoms. The number of carboxylic acid groups (broad SMARTS) is 2. The van der Waals surface area contributed by atoms with Gasteiger partial charge >= 0.3 is 11.9 Å². The van der Waals surface area contributed by atoms with Crippen molar-refractivity contribution in [1.82, 2.24) is 5.32 Å². The van der Waals surface area contributed by atoms with E-state index < -0.39 is 24.1 Å². The van der Waals surface area contributed by atoms with Crippen LogP contribution in [-0.2, 0) is 9.59 Å². The van der Waals surface area contributed by atoms with Crippen molar-refractivity contribution in [3.8, 4) is 0 Å². The number of hydrogen-bond donors (Lipinski definition) is 6. The molecule has 16 heavy (non-hydrogen) atoms. The summed E-state index contributed by atoms with van der Waals surface area (Å²) in [6, 6.07) is 0.435. The molecule has 0 radical (unpaired) electrons. The van der Waals surface area contributed by atoms with E-state index in [1.807, 2.05) is 0 Å². The lowest BCUT2D eigenvalue weighted by atomic mass is 10.2. The Balaban J connectivity index is 0.000000315. The number of rotatable bonds is 3. The molecule has 0 saturated carbocycles. The summed E-state index contributed by atoms with van der Waals surface area (Å²) in [6.07, 6.45) is -3.38.